The number of benzene rings is 1. The van der Waals surface area contributed by atoms with Crippen LogP contribution in [0.5, 0.6) is 0 Å². The van der Waals surface area contributed by atoms with Crippen molar-refractivity contribution in [2.75, 3.05) is 18.4 Å². The largest absolute Gasteiger partial charge is 0.387 e. The number of hydrogen-bond donors (Lipinski definition) is 3. The molecule has 1 aromatic rings. The second-order valence-corrected chi connectivity index (χ2v) is 5.40. The molecule has 20 heavy (non-hydrogen) atoms. The second-order valence-electron chi connectivity index (χ2n) is 5.40. The Kier molecular flexibility index (Phi) is 3.92. The molecule has 0 aliphatic carbocycles. The van der Waals surface area contributed by atoms with Crippen molar-refractivity contribution in [3.63, 3.8) is 0 Å². The first-order valence-electron chi connectivity index (χ1n) is 6.57. The van der Waals surface area contributed by atoms with Gasteiger partial charge in [-0.2, -0.15) is 0 Å². The summed E-state index contributed by atoms with van der Waals surface area (Å²) in [5.41, 5.74) is 5.84. The number of halogens is 1. The van der Waals surface area contributed by atoms with E-state index < -0.39 is 0 Å². The minimum atomic E-state index is -0.335. The molecule has 1 heterocycles. The second kappa shape index (κ2) is 5.48. The molecule has 1 saturated heterocycles. The minimum Gasteiger partial charge on any atom is -0.387 e. The van der Waals surface area contributed by atoms with Crippen molar-refractivity contribution in [2.45, 2.75) is 19.8 Å². The zero-order valence-corrected chi connectivity index (χ0v) is 11.4. The lowest BCUT2D eigenvalue weighted by molar-refractivity contribution is 0.170. The number of nitrogens with one attached hydrogen (secondary N) is 2. The summed E-state index contributed by atoms with van der Waals surface area (Å²) in [6.45, 7) is 3.07. The molecule has 2 amide bonds. The van der Waals surface area contributed by atoms with Crippen molar-refractivity contribution in [3.8, 4) is 0 Å². The van der Waals surface area contributed by atoms with Crippen LogP contribution in [0.3, 0.4) is 0 Å². The third-order valence-corrected chi connectivity index (χ3v) is 3.90. The van der Waals surface area contributed by atoms with E-state index in [2.05, 4.69) is 5.32 Å². The summed E-state index contributed by atoms with van der Waals surface area (Å²) < 4.78 is 12.8. The van der Waals surface area contributed by atoms with Gasteiger partial charge in [-0.25, -0.2) is 9.18 Å². The number of rotatable bonds is 2. The molecular formula is C14H19FN4O. The molecule has 4 N–H and O–H groups in total. The zero-order valence-electron chi connectivity index (χ0n) is 11.4. The van der Waals surface area contributed by atoms with Crippen LogP contribution >= 0.6 is 0 Å². The van der Waals surface area contributed by atoms with Gasteiger partial charge in [0.25, 0.3) is 0 Å². The molecule has 1 fully saturated rings. The summed E-state index contributed by atoms with van der Waals surface area (Å²) in [7, 11) is 0. The molecule has 0 atom stereocenters. The van der Waals surface area contributed by atoms with E-state index in [0.29, 0.717) is 31.6 Å². The lowest BCUT2D eigenvalue weighted by atomic mass is 9.79. The number of amides is 2. The molecular weight excluding hydrogens is 259 g/mol. The third-order valence-electron chi connectivity index (χ3n) is 3.90. The highest BCUT2D eigenvalue weighted by Gasteiger charge is 2.34. The highest BCUT2D eigenvalue weighted by atomic mass is 19.1. The quantitative estimate of drug-likeness (QED) is 0.573. The maximum atomic E-state index is 12.8. The van der Waals surface area contributed by atoms with Crippen LogP contribution < -0.4 is 11.1 Å². The summed E-state index contributed by atoms with van der Waals surface area (Å²) in [6, 6.07) is 5.45. The molecule has 0 bridgehead atoms. The highest BCUT2D eigenvalue weighted by molar-refractivity contribution is 5.90. The number of amidine groups is 1. The average Bonchev–Trinajstić information content (AvgIpc) is 2.42. The molecule has 1 aliphatic rings. The molecule has 0 radical (unpaired) electrons. The predicted octanol–water partition coefficient (Wildman–Crippen LogP) is 2.40. The van der Waals surface area contributed by atoms with Gasteiger partial charge < -0.3 is 16.0 Å². The molecule has 0 spiro atoms. The van der Waals surface area contributed by atoms with Gasteiger partial charge in [-0.1, -0.05) is 6.92 Å². The minimum absolute atomic E-state index is 0.177. The molecule has 1 aliphatic heterocycles. The first kappa shape index (κ1) is 14.3. The zero-order chi connectivity index (χ0) is 14.8. The van der Waals surface area contributed by atoms with E-state index in [1.807, 2.05) is 6.92 Å². The van der Waals surface area contributed by atoms with Crippen LogP contribution in [0, 0.1) is 16.6 Å². The number of likely N-dealkylation sites (tertiary alicyclic amines) is 1. The standard InChI is InChI=1S/C14H19FN4O/c1-14(12(16)17)6-8-19(9-7-14)13(20)18-11-4-2-10(15)3-5-11/h2-5H,6-9H2,1H3,(H3,16,17)(H,18,20). The normalized spacial score (nSPS) is 17.6. The lowest BCUT2D eigenvalue weighted by Gasteiger charge is -2.38. The first-order valence-corrected chi connectivity index (χ1v) is 6.57. The van der Waals surface area contributed by atoms with Gasteiger partial charge in [0.1, 0.15) is 5.82 Å². The Balaban J connectivity index is 1.92. The van der Waals surface area contributed by atoms with E-state index in [1.165, 1.54) is 24.3 Å². The Morgan fingerprint density at radius 2 is 1.90 bits per heavy atom. The van der Waals surface area contributed by atoms with Gasteiger partial charge in [-0.3, -0.25) is 5.41 Å². The molecule has 6 heteroatoms. The fourth-order valence-corrected chi connectivity index (χ4v) is 2.21. The number of carbonyl (C=O) groups excluding carboxylic acids is 1. The number of piperidine rings is 1. The van der Waals surface area contributed by atoms with Crippen LogP contribution in [0.2, 0.25) is 0 Å². The van der Waals surface area contributed by atoms with Crippen molar-refractivity contribution in [2.24, 2.45) is 11.1 Å². The van der Waals surface area contributed by atoms with Gasteiger partial charge in [-0.15, -0.1) is 0 Å². The molecule has 0 saturated carbocycles. The summed E-state index contributed by atoms with van der Waals surface area (Å²) in [5, 5.41) is 10.3. The molecule has 2 rings (SSSR count). The summed E-state index contributed by atoms with van der Waals surface area (Å²) in [6.07, 6.45) is 1.36. The fraction of sp³-hybridized carbons (Fsp3) is 0.429. The van der Waals surface area contributed by atoms with Gasteiger partial charge in [-0.05, 0) is 37.1 Å². The summed E-state index contributed by atoms with van der Waals surface area (Å²) >= 11 is 0. The Morgan fingerprint density at radius 1 is 1.35 bits per heavy atom. The number of nitrogens with zero attached hydrogens (tertiary/aromatic N) is 1. The summed E-state index contributed by atoms with van der Waals surface area (Å²) in [5.74, 6) is -0.158. The molecule has 108 valence electrons. The molecule has 0 aromatic heterocycles. The van der Waals surface area contributed by atoms with Crippen LogP contribution in [-0.2, 0) is 0 Å². The Morgan fingerprint density at radius 3 is 2.40 bits per heavy atom. The van der Waals surface area contributed by atoms with Crippen LogP contribution in [0.4, 0.5) is 14.9 Å². The Hall–Kier alpha value is -2.11. The number of hydrogen-bond acceptors (Lipinski definition) is 2. The maximum absolute atomic E-state index is 12.8. The summed E-state index contributed by atoms with van der Waals surface area (Å²) in [4.78, 5) is 13.8. The van der Waals surface area contributed by atoms with E-state index in [-0.39, 0.29) is 23.1 Å². The highest BCUT2D eigenvalue weighted by Crippen LogP contribution is 2.30. The smallest absolute Gasteiger partial charge is 0.321 e. The predicted molar refractivity (Wildman–Crippen MR) is 76.2 cm³/mol. The third kappa shape index (κ3) is 3.07. The van der Waals surface area contributed by atoms with Crippen molar-refractivity contribution in [1.29, 1.82) is 5.41 Å². The van der Waals surface area contributed by atoms with Gasteiger partial charge >= 0.3 is 6.03 Å². The molecule has 5 nitrogen and oxygen atoms in total. The van der Waals surface area contributed by atoms with E-state index in [1.54, 1.807) is 4.90 Å². The number of anilines is 1. The van der Waals surface area contributed by atoms with E-state index in [9.17, 15) is 9.18 Å². The molecule has 0 unspecified atom stereocenters. The van der Waals surface area contributed by atoms with E-state index >= 15 is 0 Å². The Labute approximate surface area is 117 Å². The van der Waals surface area contributed by atoms with Crippen molar-refractivity contribution in [1.82, 2.24) is 4.90 Å². The average molecular weight is 278 g/mol. The fourth-order valence-electron chi connectivity index (χ4n) is 2.21. The number of carbonyl (C=O) groups is 1. The maximum Gasteiger partial charge on any atom is 0.321 e. The van der Waals surface area contributed by atoms with Crippen LogP contribution in [0.25, 0.3) is 0 Å². The number of urea groups is 1. The van der Waals surface area contributed by atoms with Crippen LogP contribution in [0.15, 0.2) is 24.3 Å². The first-order chi connectivity index (χ1) is 9.40. The van der Waals surface area contributed by atoms with Crippen molar-refractivity contribution in [3.05, 3.63) is 30.1 Å². The SMILES string of the molecule is CC1(C(=N)N)CCN(C(=O)Nc2ccc(F)cc2)CC1. The topological polar surface area (TPSA) is 82.2 Å². The van der Waals surface area contributed by atoms with Crippen LogP contribution in [-0.4, -0.2) is 29.9 Å². The van der Waals surface area contributed by atoms with Gasteiger partial charge in [0.15, 0.2) is 0 Å². The molecule has 1 aromatic carbocycles. The van der Waals surface area contributed by atoms with Gasteiger partial charge in [0.05, 0.1) is 5.84 Å². The number of nitrogens with two attached hydrogens (primary N) is 1. The lowest BCUT2D eigenvalue weighted by Crippen LogP contribution is -2.48. The Bertz CT molecular complexity index is 506. The van der Waals surface area contributed by atoms with Gasteiger partial charge in [0.2, 0.25) is 0 Å². The van der Waals surface area contributed by atoms with Gasteiger partial charge in [0, 0.05) is 24.2 Å². The van der Waals surface area contributed by atoms with Crippen molar-refractivity contribution >= 4 is 17.6 Å². The van der Waals surface area contributed by atoms with Crippen molar-refractivity contribution < 1.29 is 9.18 Å². The monoisotopic (exact) mass is 278 g/mol. The van der Waals surface area contributed by atoms with Crippen LogP contribution in [0.1, 0.15) is 19.8 Å². The van der Waals surface area contributed by atoms with E-state index in [0.717, 1.165) is 0 Å². The van der Waals surface area contributed by atoms with E-state index in [4.69, 9.17) is 11.1 Å².